The van der Waals surface area contributed by atoms with E-state index in [0.29, 0.717) is 5.02 Å². The van der Waals surface area contributed by atoms with Gasteiger partial charge in [-0.05, 0) is 36.6 Å². The lowest BCUT2D eigenvalue weighted by Gasteiger charge is -2.21. The van der Waals surface area contributed by atoms with Gasteiger partial charge in [0.25, 0.3) is 0 Å². The molecule has 0 bridgehead atoms. The predicted molar refractivity (Wildman–Crippen MR) is 82.0 cm³/mol. The van der Waals surface area contributed by atoms with Gasteiger partial charge in [-0.25, -0.2) is 0 Å². The van der Waals surface area contributed by atoms with Crippen LogP contribution >= 0.6 is 11.6 Å². The molecule has 0 unspecified atom stereocenters. The Morgan fingerprint density at radius 1 is 1.05 bits per heavy atom. The minimum atomic E-state index is 0.215. The second-order valence-electron chi connectivity index (χ2n) is 5.33. The van der Waals surface area contributed by atoms with Crippen LogP contribution in [0.15, 0.2) is 42.5 Å². The van der Waals surface area contributed by atoms with Gasteiger partial charge < -0.3 is 5.11 Å². The summed E-state index contributed by atoms with van der Waals surface area (Å²) in [4.78, 5) is 2.37. The van der Waals surface area contributed by atoms with Gasteiger partial charge in [-0.3, -0.25) is 4.90 Å². The second-order valence-corrected chi connectivity index (χ2v) is 5.74. The number of aromatic hydroxyl groups is 1. The normalized spacial score (nSPS) is 15.7. The van der Waals surface area contributed by atoms with E-state index >= 15 is 0 Å². The Hall–Kier alpha value is -1.51. The van der Waals surface area contributed by atoms with Gasteiger partial charge in [0.15, 0.2) is 0 Å². The summed E-state index contributed by atoms with van der Waals surface area (Å²) in [5.41, 5.74) is 3.74. The minimum absolute atomic E-state index is 0.215. The molecule has 0 saturated heterocycles. The molecular weight excluding hydrogens is 270 g/mol. The van der Waals surface area contributed by atoms with Crippen LogP contribution in [0.4, 0.5) is 0 Å². The highest BCUT2D eigenvalue weighted by Crippen LogP contribution is 2.29. The van der Waals surface area contributed by atoms with Crippen LogP contribution < -0.4 is 0 Å². The highest BCUT2D eigenvalue weighted by atomic mass is 35.5. The van der Waals surface area contributed by atoms with Gasteiger partial charge in [0, 0.05) is 18.7 Å². The van der Waals surface area contributed by atoms with E-state index in [9.17, 15) is 5.11 Å². The first-order chi connectivity index (χ1) is 9.74. The van der Waals surface area contributed by atoms with E-state index in [4.69, 9.17) is 11.6 Å². The standard InChI is InChI=1S/C17H18ClNO/c18-16-9-3-7-15(17(16)20)12-19-10-4-8-13-5-1-2-6-14(13)11-19/h1-3,5-7,9,20H,4,8,10-12H2. The summed E-state index contributed by atoms with van der Waals surface area (Å²) in [6.07, 6.45) is 2.28. The molecular formula is C17H18ClNO. The molecule has 2 aromatic carbocycles. The number of halogens is 1. The van der Waals surface area contributed by atoms with E-state index in [2.05, 4.69) is 29.2 Å². The molecule has 3 rings (SSSR count). The molecule has 1 N–H and O–H groups in total. The van der Waals surface area contributed by atoms with Crippen LogP contribution in [0.5, 0.6) is 5.75 Å². The fourth-order valence-corrected chi connectivity index (χ4v) is 3.03. The predicted octanol–water partition coefficient (Wildman–Crippen LogP) is 3.99. The maximum atomic E-state index is 10.0. The first-order valence-electron chi connectivity index (χ1n) is 6.99. The van der Waals surface area contributed by atoms with Crippen LogP contribution in [0.2, 0.25) is 5.02 Å². The number of nitrogens with zero attached hydrogens (tertiary/aromatic N) is 1. The topological polar surface area (TPSA) is 23.5 Å². The summed E-state index contributed by atoms with van der Waals surface area (Å²) in [5.74, 6) is 0.215. The number of rotatable bonds is 2. The number of phenolic OH excluding ortho intramolecular Hbond substituents is 1. The number of fused-ring (bicyclic) bond motifs is 1. The van der Waals surface area contributed by atoms with E-state index in [1.54, 1.807) is 6.07 Å². The van der Waals surface area contributed by atoms with Crippen molar-refractivity contribution in [2.24, 2.45) is 0 Å². The van der Waals surface area contributed by atoms with Gasteiger partial charge in [0.1, 0.15) is 5.75 Å². The molecule has 0 amide bonds. The monoisotopic (exact) mass is 287 g/mol. The van der Waals surface area contributed by atoms with E-state index in [-0.39, 0.29) is 5.75 Å². The van der Waals surface area contributed by atoms with Crippen molar-refractivity contribution in [2.75, 3.05) is 6.54 Å². The van der Waals surface area contributed by atoms with Crippen LogP contribution in [0.1, 0.15) is 23.1 Å². The van der Waals surface area contributed by atoms with Crippen molar-refractivity contribution in [3.05, 3.63) is 64.2 Å². The zero-order valence-corrected chi connectivity index (χ0v) is 12.1. The van der Waals surface area contributed by atoms with Gasteiger partial charge in [-0.2, -0.15) is 0 Å². The maximum Gasteiger partial charge on any atom is 0.138 e. The lowest BCUT2D eigenvalue weighted by Crippen LogP contribution is -2.22. The molecule has 0 aromatic heterocycles. The van der Waals surface area contributed by atoms with Crippen LogP contribution in [-0.2, 0) is 19.5 Å². The van der Waals surface area contributed by atoms with Gasteiger partial charge in [0.2, 0.25) is 0 Å². The number of hydrogen-bond acceptors (Lipinski definition) is 2. The molecule has 2 aromatic rings. The van der Waals surface area contributed by atoms with Crippen molar-refractivity contribution < 1.29 is 5.11 Å². The zero-order chi connectivity index (χ0) is 13.9. The number of aryl methyl sites for hydroxylation is 1. The van der Waals surface area contributed by atoms with Gasteiger partial charge in [-0.15, -0.1) is 0 Å². The third-order valence-electron chi connectivity index (χ3n) is 3.90. The fraction of sp³-hybridized carbons (Fsp3) is 0.294. The molecule has 1 aliphatic rings. The van der Waals surface area contributed by atoms with Crippen molar-refractivity contribution in [3.63, 3.8) is 0 Å². The second kappa shape index (κ2) is 5.86. The average Bonchev–Trinajstić information content (AvgIpc) is 2.65. The van der Waals surface area contributed by atoms with Crippen LogP contribution in [-0.4, -0.2) is 16.6 Å². The largest absolute Gasteiger partial charge is 0.506 e. The van der Waals surface area contributed by atoms with Crippen molar-refractivity contribution in [3.8, 4) is 5.75 Å². The third kappa shape index (κ3) is 2.82. The summed E-state index contributed by atoms with van der Waals surface area (Å²) >= 11 is 5.98. The highest BCUT2D eigenvalue weighted by molar-refractivity contribution is 6.32. The summed E-state index contributed by atoms with van der Waals surface area (Å²) in [5, 5.41) is 10.5. The van der Waals surface area contributed by atoms with Gasteiger partial charge >= 0.3 is 0 Å². The van der Waals surface area contributed by atoms with E-state index < -0.39 is 0 Å². The van der Waals surface area contributed by atoms with Crippen molar-refractivity contribution in [1.29, 1.82) is 0 Å². The number of benzene rings is 2. The number of phenols is 1. The smallest absolute Gasteiger partial charge is 0.138 e. The first kappa shape index (κ1) is 13.5. The molecule has 0 aliphatic carbocycles. The quantitative estimate of drug-likeness (QED) is 0.903. The Balaban J connectivity index is 1.80. The van der Waals surface area contributed by atoms with Gasteiger partial charge in [-0.1, -0.05) is 48.0 Å². The molecule has 0 saturated carbocycles. The molecule has 104 valence electrons. The van der Waals surface area contributed by atoms with Crippen molar-refractivity contribution in [1.82, 2.24) is 4.90 Å². The summed E-state index contributed by atoms with van der Waals surface area (Å²) in [6.45, 7) is 2.71. The Morgan fingerprint density at radius 3 is 2.70 bits per heavy atom. The van der Waals surface area contributed by atoms with Crippen molar-refractivity contribution in [2.45, 2.75) is 25.9 Å². The zero-order valence-electron chi connectivity index (χ0n) is 11.3. The molecule has 0 spiro atoms. The molecule has 1 heterocycles. The summed E-state index contributed by atoms with van der Waals surface area (Å²) in [6, 6.07) is 14.2. The third-order valence-corrected chi connectivity index (χ3v) is 4.20. The molecule has 3 heteroatoms. The molecule has 20 heavy (non-hydrogen) atoms. The van der Waals surface area contributed by atoms with E-state index in [1.807, 2.05) is 12.1 Å². The number of hydrogen-bond donors (Lipinski definition) is 1. The summed E-state index contributed by atoms with van der Waals surface area (Å²) < 4.78 is 0. The molecule has 2 nitrogen and oxygen atoms in total. The Bertz CT molecular complexity index is 612. The molecule has 0 fully saturated rings. The van der Waals surface area contributed by atoms with E-state index in [1.165, 1.54) is 11.1 Å². The molecule has 1 aliphatic heterocycles. The fourth-order valence-electron chi connectivity index (χ4n) is 2.83. The highest BCUT2D eigenvalue weighted by Gasteiger charge is 2.16. The maximum absolute atomic E-state index is 10.0. The van der Waals surface area contributed by atoms with Crippen LogP contribution in [0.25, 0.3) is 0 Å². The van der Waals surface area contributed by atoms with Crippen LogP contribution in [0, 0.1) is 0 Å². The lowest BCUT2D eigenvalue weighted by atomic mass is 10.0. The number of para-hydroxylation sites is 1. The molecule has 0 radical (unpaired) electrons. The average molecular weight is 288 g/mol. The Kier molecular flexibility index (Phi) is 3.95. The van der Waals surface area contributed by atoms with E-state index in [0.717, 1.165) is 38.0 Å². The SMILES string of the molecule is Oc1c(Cl)cccc1CN1CCCc2ccccc2C1. The Labute approximate surface area is 124 Å². The lowest BCUT2D eigenvalue weighted by molar-refractivity contribution is 0.257. The Morgan fingerprint density at radius 2 is 1.85 bits per heavy atom. The summed E-state index contributed by atoms with van der Waals surface area (Å²) in [7, 11) is 0. The van der Waals surface area contributed by atoms with Crippen molar-refractivity contribution >= 4 is 11.6 Å². The molecule has 0 atom stereocenters. The van der Waals surface area contributed by atoms with Crippen LogP contribution in [0.3, 0.4) is 0 Å². The first-order valence-corrected chi connectivity index (χ1v) is 7.37. The van der Waals surface area contributed by atoms with Gasteiger partial charge in [0.05, 0.1) is 5.02 Å². The minimum Gasteiger partial charge on any atom is -0.506 e.